The van der Waals surface area contributed by atoms with Gasteiger partial charge in [-0.2, -0.15) is 18.2 Å². The molecular formula is C20H16ClF3N8O2. The van der Waals surface area contributed by atoms with E-state index in [9.17, 15) is 18.0 Å². The van der Waals surface area contributed by atoms with E-state index in [0.29, 0.717) is 23.3 Å². The molecule has 0 aliphatic heterocycles. The molecule has 4 N–H and O–H groups in total. The summed E-state index contributed by atoms with van der Waals surface area (Å²) in [6.07, 6.45) is -0.247. The topological polar surface area (TPSA) is 137 Å². The zero-order chi connectivity index (χ0) is 24.8. The van der Waals surface area contributed by atoms with E-state index < -0.39 is 17.3 Å². The summed E-state index contributed by atoms with van der Waals surface area (Å²) in [7, 11) is 2.76. The van der Waals surface area contributed by atoms with Crippen molar-refractivity contribution >= 4 is 46.4 Å². The van der Waals surface area contributed by atoms with Gasteiger partial charge in [-0.15, -0.1) is 0 Å². The fourth-order valence-electron chi connectivity index (χ4n) is 3.14. The van der Waals surface area contributed by atoms with E-state index in [1.54, 1.807) is 7.05 Å². The van der Waals surface area contributed by atoms with Crippen molar-refractivity contribution in [2.75, 3.05) is 11.1 Å². The van der Waals surface area contributed by atoms with E-state index in [2.05, 4.69) is 20.3 Å². The minimum Gasteiger partial charge on any atom is -0.452 e. The van der Waals surface area contributed by atoms with Gasteiger partial charge in [0.25, 0.3) is 5.56 Å². The van der Waals surface area contributed by atoms with E-state index in [4.69, 9.17) is 27.5 Å². The number of nitrogens with zero attached hydrogens (tertiary/aromatic N) is 5. The summed E-state index contributed by atoms with van der Waals surface area (Å²) in [6, 6.07) is 2.20. The molecule has 0 unspecified atom stereocenters. The predicted octanol–water partition coefficient (Wildman–Crippen LogP) is 3.85. The summed E-state index contributed by atoms with van der Waals surface area (Å²) in [6.45, 7) is 0. The Morgan fingerprint density at radius 2 is 1.97 bits per heavy atom. The zero-order valence-corrected chi connectivity index (χ0v) is 18.4. The van der Waals surface area contributed by atoms with Crippen molar-refractivity contribution in [2.24, 2.45) is 14.1 Å². The number of anilines is 3. The Morgan fingerprint density at radius 1 is 1.24 bits per heavy atom. The van der Waals surface area contributed by atoms with Gasteiger partial charge in [-0.05, 0) is 12.1 Å². The second-order valence-corrected chi connectivity index (χ2v) is 7.55. The van der Waals surface area contributed by atoms with Gasteiger partial charge in [0.05, 0.1) is 18.0 Å². The highest BCUT2D eigenvalue weighted by Gasteiger charge is 2.32. The van der Waals surface area contributed by atoms with Gasteiger partial charge in [0.15, 0.2) is 11.4 Å². The third kappa shape index (κ3) is 4.12. The Morgan fingerprint density at radius 3 is 2.65 bits per heavy atom. The first-order valence-corrected chi connectivity index (χ1v) is 9.87. The number of aromatic nitrogens is 5. The van der Waals surface area contributed by atoms with Gasteiger partial charge in [0.1, 0.15) is 27.8 Å². The third-order valence-electron chi connectivity index (χ3n) is 4.87. The molecule has 0 aromatic carbocycles. The van der Waals surface area contributed by atoms with Crippen LogP contribution in [0.1, 0.15) is 11.1 Å². The highest BCUT2D eigenvalue weighted by molar-refractivity contribution is 6.36. The van der Waals surface area contributed by atoms with Crippen molar-refractivity contribution in [2.45, 2.75) is 6.18 Å². The van der Waals surface area contributed by atoms with Crippen LogP contribution in [0.4, 0.5) is 30.6 Å². The number of ether oxygens (including phenoxy) is 1. The average Bonchev–Trinajstić information content (AvgIpc) is 3.09. The first kappa shape index (κ1) is 23.0. The standard InChI is InChI=1S/C20H16ClF3N8O2/c1-31-8-10(20(22,23)24)4-12(18(31)33)29-19-30-17-15(32(19)2)14(21)13(7-28-17)34-11-3-9(5-25)16(26)27-6-11/h3-8,25H,1-2H3,(H2,26,27)(H,28,29,30). The van der Waals surface area contributed by atoms with Gasteiger partial charge in [-0.25, -0.2) is 9.97 Å². The number of halogens is 4. The van der Waals surface area contributed by atoms with Crippen LogP contribution in [-0.4, -0.2) is 30.3 Å². The molecule has 0 saturated heterocycles. The molecule has 4 aromatic heterocycles. The Labute approximate surface area is 194 Å². The molecular weight excluding hydrogens is 477 g/mol. The maximum absolute atomic E-state index is 13.2. The lowest BCUT2D eigenvalue weighted by atomic mass is 10.2. The van der Waals surface area contributed by atoms with Crippen LogP contribution in [-0.2, 0) is 20.3 Å². The van der Waals surface area contributed by atoms with Crippen molar-refractivity contribution < 1.29 is 17.9 Å². The van der Waals surface area contributed by atoms with Gasteiger partial charge >= 0.3 is 6.18 Å². The minimum absolute atomic E-state index is 0.0400. The SMILES string of the molecule is Cn1cc(C(F)(F)F)cc(Nc2nc3ncc(Oc4cnc(N)c(C=N)c4)c(Cl)c3n2C)c1=O. The van der Waals surface area contributed by atoms with Crippen molar-refractivity contribution in [1.29, 1.82) is 5.41 Å². The van der Waals surface area contributed by atoms with E-state index >= 15 is 0 Å². The van der Waals surface area contributed by atoms with Crippen LogP contribution >= 0.6 is 11.6 Å². The molecule has 0 saturated carbocycles. The molecule has 4 aromatic rings. The first-order chi connectivity index (χ1) is 16.0. The Bertz CT molecular complexity index is 1500. The van der Waals surface area contributed by atoms with Gasteiger partial charge in [-0.1, -0.05) is 11.6 Å². The van der Waals surface area contributed by atoms with Gasteiger partial charge < -0.3 is 30.3 Å². The lowest BCUT2D eigenvalue weighted by molar-refractivity contribution is -0.138. The van der Waals surface area contributed by atoms with Crippen molar-refractivity contribution in [3.63, 3.8) is 0 Å². The van der Waals surface area contributed by atoms with Crippen LogP contribution < -0.4 is 21.3 Å². The number of imidazole rings is 1. The number of aryl methyl sites for hydroxylation is 2. The van der Waals surface area contributed by atoms with E-state index in [0.717, 1.165) is 10.8 Å². The number of hydrogen-bond acceptors (Lipinski definition) is 8. The van der Waals surface area contributed by atoms with Crippen LogP contribution in [0.15, 0.2) is 35.5 Å². The molecule has 0 aliphatic rings. The number of nitrogens with one attached hydrogen (secondary N) is 2. The molecule has 0 amide bonds. The lowest BCUT2D eigenvalue weighted by Gasteiger charge is -2.12. The Hall–Kier alpha value is -4.13. The number of nitrogens with two attached hydrogens (primary N) is 1. The summed E-state index contributed by atoms with van der Waals surface area (Å²) >= 11 is 6.50. The van der Waals surface area contributed by atoms with Gasteiger partial charge in [-0.3, -0.25) is 4.79 Å². The number of rotatable bonds is 5. The maximum Gasteiger partial charge on any atom is 0.417 e. The van der Waals surface area contributed by atoms with Crippen molar-refractivity contribution in [1.82, 2.24) is 24.1 Å². The summed E-state index contributed by atoms with van der Waals surface area (Å²) in [5.41, 5.74) is 4.50. The van der Waals surface area contributed by atoms with Crippen LogP contribution in [0.2, 0.25) is 5.02 Å². The quantitative estimate of drug-likeness (QED) is 0.360. The van der Waals surface area contributed by atoms with E-state index in [-0.39, 0.29) is 39.6 Å². The van der Waals surface area contributed by atoms with Crippen molar-refractivity contribution in [3.05, 3.63) is 57.2 Å². The maximum atomic E-state index is 13.2. The molecule has 0 bridgehead atoms. The molecule has 0 atom stereocenters. The number of hydrogen-bond donors (Lipinski definition) is 3. The van der Waals surface area contributed by atoms with Crippen LogP contribution in [0.5, 0.6) is 11.5 Å². The monoisotopic (exact) mass is 492 g/mol. The highest BCUT2D eigenvalue weighted by Crippen LogP contribution is 2.36. The molecule has 10 nitrogen and oxygen atoms in total. The molecule has 0 radical (unpaired) electrons. The highest BCUT2D eigenvalue weighted by atomic mass is 35.5. The number of pyridine rings is 3. The van der Waals surface area contributed by atoms with E-state index in [1.165, 1.54) is 30.1 Å². The molecule has 0 aliphatic carbocycles. The number of nitrogen functional groups attached to an aromatic ring is 1. The number of alkyl halides is 3. The molecule has 0 spiro atoms. The summed E-state index contributed by atoms with van der Waals surface area (Å²) in [5.74, 6) is 0.591. The van der Waals surface area contributed by atoms with Gasteiger partial charge in [0, 0.05) is 32.1 Å². The molecule has 4 heterocycles. The summed E-state index contributed by atoms with van der Waals surface area (Å²) in [5, 5.41) is 10.1. The van der Waals surface area contributed by atoms with Crippen LogP contribution in [0, 0.1) is 5.41 Å². The molecule has 14 heteroatoms. The average molecular weight is 493 g/mol. The number of fused-ring (bicyclic) bond motifs is 1. The van der Waals surface area contributed by atoms with Crippen molar-refractivity contribution in [3.8, 4) is 11.5 Å². The largest absolute Gasteiger partial charge is 0.452 e. The Balaban J connectivity index is 1.73. The van der Waals surface area contributed by atoms with Crippen LogP contribution in [0.3, 0.4) is 0 Å². The molecule has 0 fully saturated rings. The van der Waals surface area contributed by atoms with Crippen LogP contribution in [0.25, 0.3) is 11.2 Å². The lowest BCUT2D eigenvalue weighted by Crippen LogP contribution is -2.23. The summed E-state index contributed by atoms with van der Waals surface area (Å²) < 4.78 is 47.5. The normalized spacial score (nSPS) is 11.6. The minimum atomic E-state index is -4.64. The molecule has 4 rings (SSSR count). The summed E-state index contributed by atoms with van der Waals surface area (Å²) in [4.78, 5) is 24.7. The molecule has 176 valence electrons. The smallest absolute Gasteiger partial charge is 0.417 e. The second kappa shape index (κ2) is 8.33. The fourth-order valence-corrected chi connectivity index (χ4v) is 3.44. The zero-order valence-electron chi connectivity index (χ0n) is 17.6. The Kier molecular flexibility index (Phi) is 5.65. The second-order valence-electron chi connectivity index (χ2n) is 7.18. The molecule has 34 heavy (non-hydrogen) atoms. The first-order valence-electron chi connectivity index (χ1n) is 9.49. The van der Waals surface area contributed by atoms with E-state index in [1.807, 2.05) is 0 Å². The third-order valence-corrected chi connectivity index (χ3v) is 5.24. The fraction of sp³-hybridized carbons (Fsp3) is 0.150. The predicted molar refractivity (Wildman–Crippen MR) is 120 cm³/mol. The van der Waals surface area contributed by atoms with Gasteiger partial charge in [0.2, 0.25) is 5.95 Å².